The van der Waals surface area contributed by atoms with Gasteiger partial charge in [0.1, 0.15) is 5.75 Å². The summed E-state index contributed by atoms with van der Waals surface area (Å²) in [5.41, 5.74) is 6.31. The van der Waals surface area contributed by atoms with Crippen molar-refractivity contribution in [1.29, 1.82) is 0 Å². The number of nitrogens with zero attached hydrogens (tertiary/aromatic N) is 1. The molecule has 0 aliphatic carbocycles. The summed E-state index contributed by atoms with van der Waals surface area (Å²) in [4.78, 5) is 34.1. The number of carbonyl (C=O) groups excluding carboxylic acids is 2. The third kappa shape index (κ3) is 8.76. The van der Waals surface area contributed by atoms with E-state index < -0.39 is 16.7 Å². The highest BCUT2D eigenvalue weighted by Crippen LogP contribution is 2.36. The Morgan fingerprint density at radius 3 is 2.30 bits per heavy atom. The summed E-state index contributed by atoms with van der Waals surface area (Å²) in [6, 6.07) is 13.5. The van der Waals surface area contributed by atoms with Crippen molar-refractivity contribution in [3.8, 4) is 5.75 Å². The molecular weight excluding hydrogens is 422 g/mol. The fraction of sp³-hybridized carbons (Fsp3) is 0.360. The van der Waals surface area contributed by atoms with Gasteiger partial charge in [0, 0.05) is 18.2 Å². The van der Waals surface area contributed by atoms with Crippen LogP contribution in [0.25, 0.3) is 6.08 Å². The van der Waals surface area contributed by atoms with E-state index in [9.17, 15) is 19.7 Å². The Bertz CT molecular complexity index is 1020. The Hall–Kier alpha value is -3.68. The van der Waals surface area contributed by atoms with Crippen LogP contribution in [0.2, 0.25) is 0 Å². The van der Waals surface area contributed by atoms with Gasteiger partial charge in [0.05, 0.1) is 4.92 Å². The minimum atomic E-state index is -0.583. The molecule has 8 nitrogen and oxygen atoms in total. The normalized spacial score (nSPS) is 11.8. The van der Waals surface area contributed by atoms with Crippen LogP contribution in [0, 0.1) is 15.5 Å². The van der Waals surface area contributed by atoms with Crippen LogP contribution in [0.5, 0.6) is 5.75 Å². The summed E-state index contributed by atoms with van der Waals surface area (Å²) >= 11 is 0. The highest BCUT2D eigenvalue weighted by molar-refractivity contribution is 5.93. The van der Waals surface area contributed by atoms with Crippen molar-refractivity contribution in [2.75, 3.05) is 6.61 Å². The van der Waals surface area contributed by atoms with Gasteiger partial charge in [0.2, 0.25) is 0 Å². The highest BCUT2D eigenvalue weighted by atomic mass is 16.6. The molecule has 0 radical (unpaired) electrons. The molecule has 2 N–H and O–H groups in total. The second-order valence-electron chi connectivity index (χ2n) is 9.66. The lowest BCUT2D eigenvalue weighted by molar-refractivity contribution is -0.384. The van der Waals surface area contributed by atoms with E-state index in [1.807, 2.05) is 24.3 Å². The monoisotopic (exact) mass is 453 g/mol. The second-order valence-corrected chi connectivity index (χ2v) is 9.66. The first-order valence-corrected chi connectivity index (χ1v) is 10.6. The first kappa shape index (κ1) is 25.6. The van der Waals surface area contributed by atoms with Crippen molar-refractivity contribution >= 4 is 23.6 Å². The molecular formula is C25H31N3O5. The summed E-state index contributed by atoms with van der Waals surface area (Å²) in [7, 11) is 0. The number of benzene rings is 2. The minimum absolute atomic E-state index is 0.0105. The van der Waals surface area contributed by atoms with Gasteiger partial charge in [-0.05, 0) is 46.6 Å². The van der Waals surface area contributed by atoms with Crippen LogP contribution in [0.3, 0.4) is 0 Å². The molecule has 33 heavy (non-hydrogen) atoms. The van der Waals surface area contributed by atoms with Crippen molar-refractivity contribution in [1.82, 2.24) is 10.9 Å². The van der Waals surface area contributed by atoms with E-state index in [0.29, 0.717) is 11.3 Å². The number of non-ortho nitro benzene ring substituents is 1. The SMILES string of the molecule is CC(C)(C)CC(C)(C)c1ccc(OCC(=O)NNC(=O)C=Cc2cccc([N+](=O)[O-])c2)cc1. The number of hydrogen-bond donors (Lipinski definition) is 2. The molecule has 0 spiro atoms. The maximum Gasteiger partial charge on any atom is 0.276 e. The zero-order chi connectivity index (χ0) is 24.6. The topological polar surface area (TPSA) is 111 Å². The van der Waals surface area contributed by atoms with Crippen molar-refractivity contribution < 1.29 is 19.2 Å². The molecule has 0 aromatic heterocycles. The number of hydrogen-bond acceptors (Lipinski definition) is 5. The third-order valence-electron chi connectivity index (χ3n) is 4.81. The van der Waals surface area contributed by atoms with Crippen LogP contribution in [0.4, 0.5) is 5.69 Å². The average Bonchev–Trinajstić information content (AvgIpc) is 2.73. The predicted octanol–water partition coefficient (Wildman–Crippen LogP) is 4.55. The van der Waals surface area contributed by atoms with Crippen LogP contribution >= 0.6 is 0 Å². The molecule has 0 bridgehead atoms. The second kappa shape index (κ2) is 10.8. The molecule has 2 amide bonds. The van der Waals surface area contributed by atoms with Crippen LogP contribution in [0.15, 0.2) is 54.6 Å². The summed E-state index contributed by atoms with van der Waals surface area (Å²) in [5.74, 6) is -0.554. The number of hydrazine groups is 1. The van der Waals surface area contributed by atoms with Crippen LogP contribution < -0.4 is 15.6 Å². The molecule has 2 rings (SSSR count). The van der Waals surface area contributed by atoms with E-state index >= 15 is 0 Å². The maximum atomic E-state index is 11.9. The van der Waals surface area contributed by atoms with Gasteiger partial charge in [-0.3, -0.25) is 30.6 Å². The summed E-state index contributed by atoms with van der Waals surface area (Å²) in [6.07, 6.45) is 3.60. The zero-order valence-electron chi connectivity index (χ0n) is 19.7. The van der Waals surface area contributed by atoms with Crippen LogP contribution in [-0.4, -0.2) is 23.3 Å². The third-order valence-corrected chi connectivity index (χ3v) is 4.81. The standard InChI is InChI=1S/C25H31N3O5/c1-24(2,3)17-25(4,5)19-10-12-21(13-11-19)33-16-23(30)27-26-22(29)14-9-18-7-6-8-20(15-18)28(31)32/h6-15H,16-17H2,1-5H3,(H,26,29)(H,27,30). The Morgan fingerprint density at radius 1 is 1.03 bits per heavy atom. The predicted molar refractivity (Wildman–Crippen MR) is 127 cm³/mol. The first-order valence-electron chi connectivity index (χ1n) is 10.6. The largest absolute Gasteiger partial charge is 0.484 e. The van der Waals surface area contributed by atoms with Gasteiger partial charge in [0.15, 0.2) is 6.61 Å². The number of nitro groups is 1. The number of nitrogens with one attached hydrogen (secondary N) is 2. The molecule has 8 heteroatoms. The highest BCUT2D eigenvalue weighted by Gasteiger charge is 2.27. The summed E-state index contributed by atoms with van der Waals surface area (Å²) < 4.78 is 5.49. The number of carbonyl (C=O) groups is 2. The average molecular weight is 454 g/mol. The van der Waals surface area contributed by atoms with E-state index in [1.165, 1.54) is 29.8 Å². The number of ether oxygens (including phenoxy) is 1. The van der Waals surface area contributed by atoms with Gasteiger partial charge in [0.25, 0.3) is 17.5 Å². The smallest absolute Gasteiger partial charge is 0.276 e. The Balaban J connectivity index is 1.80. The summed E-state index contributed by atoms with van der Waals surface area (Å²) in [5, 5.41) is 10.8. The van der Waals surface area contributed by atoms with Gasteiger partial charge >= 0.3 is 0 Å². The fourth-order valence-corrected chi connectivity index (χ4v) is 3.70. The molecule has 0 heterocycles. The quantitative estimate of drug-likeness (QED) is 0.346. The van der Waals surface area contributed by atoms with E-state index in [-0.39, 0.29) is 23.1 Å². The lowest BCUT2D eigenvalue weighted by atomic mass is 9.72. The Kier molecular flexibility index (Phi) is 8.34. The number of rotatable bonds is 8. The van der Waals surface area contributed by atoms with Gasteiger partial charge in [-0.1, -0.05) is 58.9 Å². The van der Waals surface area contributed by atoms with Crippen LogP contribution in [0.1, 0.15) is 52.2 Å². The zero-order valence-corrected chi connectivity index (χ0v) is 19.7. The lowest BCUT2D eigenvalue weighted by Crippen LogP contribution is -2.43. The van der Waals surface area contributed by atoms with E-state index in [4.69, 9.17) is 4.74 Å². The first-order chi connectivity index (χ1) is 15.4. The van der Waals surface area contributed by atoms with Gasteiger partial charge in [-0.15, -0.1) is 0 Å². The maximum absolute atomic E-state index is 11.9. The van der Waals surface area contributed by atoms with E-state index in [2.05, 4.69) is 45.5 Å². The molecule has 2 aromatic carbocycles. The fourth-order valence-electron chi connectivity index (χ4n) is 3.70. The summed E-state index contributed by atoms with van der Waals surface area (Å²) in [6.45, 7) is 10.8. The molecule has 176 valence electrons. The van der Waals surface area contributed by atoms with Gasteiger partial charge < -0.3 is 4.74 Å². The van der Waals surface area contributed by atoms with Crippen molar-refractivity contribution in [3.63, 3.8) is 0 Å². The van der Waals surface area contributed by atoms with Crippen LogP contribution in [-0.2, 0) is 15.0 Å². The number of amides is 2. The molecule has 0 fully saturated rings. The molecule has 0 atom stereocenters. The van der Waals surface area contributed by atoms with E-state index in [1.54, 1.807) is 6.07 Å². The molecule has 2 aromatic rings. The Labute approximate surface area is 194 Å². The van der Waals surface area contributed by atoms with Crippen molar-refractivity contribution in [2.45, 2.75) is 46.5 Å². The minimum Gasteiger partial charge on any atom is -0.484 e. The van der Waals surface area contributed by atoms with Crippen molar-refractivity contribution in [3.05, 3.63) is 75.8 Å². The van der Waals surface area contributed by atoms with Gasteiger partial charge in [-0.2, -0.15) is 0 Å². The van der Waals surface area contributed by atoms with Gasteiger partial charge in [-0.25, -0.2) is 0 Å². The number of nitro benzene ring substituents is 1. The van der Waals surface area contributed by atoms with Crippen molar-refractivity contribution in [2.24, 2.45) is 5.41 Å². The molecule has 0 saturated carbocycles. The lowest BCUT2D eigenvalue weighted by Gasteiger charge is -2.33. The molecule has 0 aliphatic rings. The molecule has 0 unspecified atom stereocenters. The molecule has 0 saturated heterocycles. The Morgan fingerprint density at radius 2 is 1.70 bits per heavy atom. The van der Waals surface area contributed by atoms with E-state index in [0.717, 1.165) is 12.5 Å². The molecule has 0 aliphatic heterocycles.